The summed E-state index contributed by atoms with van der Waals surface area (Å²) in [5.41, 5.74) is 2.42. The lowest BCUT2D eigenvalue weighted by Gasteiger charge is -2.08. The van der Waals surface area contributed by atoms with Gasteiger partial charge in [-0.1, -0.05) is 54.7 Å². The minimum Gasteiger partial charge on any atom is -0.497 e. The molecule has 0 spiro atoms. The van der Waals surface area contributed by atoms with Crippen LogP contribution in [0.15, 0.2) is 54.6 Å². The Labute approximate surface area is 119 Å². The molecule has 0 saturated carbocycles. The van der Waals surface area contributed by atoms with E-state index in [0.29, 0.717) is 0 Å². The van der Waals surface area contributed by atoms with E-state index in [1.54, 1.807) is 7.11 Å². The Bertz CT molecular complexity index is 522. The standard InChI is InChI=1S/C16H17NOS/c1-18-15-9-7-13(8-10-15)11-16(19)17-12-14-5-3-2-4-6-14/h2-10H,11-12H2,1H3,(H,17,19). The van der Waals surface area contributed by atoms with Crippen molar-refractivity contribution in [2.75, 3.05) is 7.11 Å². The van der Waals surface area contributed by atoms with Crippen LogP contribution in [0.1, 0.15) is 11.1 Å². The van der Waals surface area contributed by atoms with Crippen LogP contribution in [-0.2, 0) is 13.0 Å². The number of methoxy groups -OCH3 is 1. The molecule has 0 aliphatic heterocycles. The van der Waals surface area contributed by atoms with Crippen molar-refractivity contribution in [3.05, 3.63) is 65.7 Å². The first kappa shape index (κ1) is 13.6. The number of nitrogens with one attached hydrogen (secondary N) is 1. The van der Waals surface area contributed by atoms with Crippen molar-refractivity contribution in [1.29, 1.82) is 0 Å². The number of benzene rings is 2. The summed E-state index contributed by atoms with van der Waals surface area (Å²) in [6.07, 6.45) is 0.756. The maximum atomic E-state index is 5.35. The van der Waals surface area contributed by atoms with Gasteiger partial charge >= 0.3 is 0 Å². The molecule has 98 valence electrons. The molecule has 0 unspecified atom stereocenters. The Morgan fingerprint density at radius 3 is 2.32 bits per heavy atom. The number of hydrogen-bond acceptors (Lipinski definition) is 2. The maximum absolute atomic E-state index is 5.35. The van der Waals surface area contributed by atoms with Gasteiger partial charge in [0.1, 0.15) is 5.75 Å². The first-order valence-corrected chi connectivity index (χ1v) is 6.62. The third kappa shape index (κ3) is 4.38. The van der Waals surface area contributed by atoms with Gasteiger partial charge < -0.3 is 10.1 Å². The van der Waals surface area contributed by atoms with Gasteiger partial charge in [-0.05, 0) is 23.3 Å². The molecule has 0 amide bonds. The van der Waals surface area contributed by atoms with E-state index < -0.39 is 0 Å². The number of thiocarbonyl (C=S) groups is 1. The summed E-state index contributed by atoms with van der Waals surface area (Å²) in [6, 6.07) is 18.2. The highest BCUT2D eigenvalue weighted by Crippen LogP contribution is 2.11. The largest absolute Gasteiger partial charge is 0.497 e. The second-order valence-corrected chi connectivity index (χ2v) is 4.78. The molecule has 3 heteroatoms. The molecule has 19 heavy (non-hydrogen) atoms. The molecule has 0 saturated heterocycles. The second kappa shape index (κ2) is 6.90. The lowest BCUT2D eigenvalue weighted by atomic mass is 10.1. The topological polar surface area (TPSA) is 21.3 Å². The zero-order valence-electron chi connectivity index (χ0n) is 10.9. The molecule has 0 atom stereocenters. The molecule has 0 bridgehead atoms. The molecule has 2 aromatic carbocycles. The summed E-state index contributed by atoms with van der Waals surface area (Å²) >= 11 is 5.35. The van der Waals surface area contributed by atoms with Crippen LogP contribution in [0.2, 0.25) is 0 Å². The third-order valence-corrected chi connectivity index (χ3v) is 3.14. The van der Waals surface area contributed by atoms with Crippen molar-refractivity contribution in [2.24, 2.45) is 0 Å². The van der Waals surface area contributed by atoms with Gasteiger partial charge in [-0.25, -0.2) is 0 Å². The lowest BCUT2D eigenvalue weighted by Crippen LogP contribution is -2.22. The predicted molar refractivity (Wildman–Crippen MR) is 82.6 cm³/mol. The summed E-state index contributed by atoms with van der Waals surface area (Å²) in [5.74, 6) is 0.868. The van der Waals surface area contributed by atoms with Crippen LogP contribution in [-0.4, -0.2) is 12.1 Å². The molecule has 2 aromatic rings. The molecule has 1 N–H and O–H groups in total. The molecule has 0 radical (unpaired) electrons. The number of hydrogen-bond donors (Lipinski definition) is 1. The van der Waals surface area contributed by atoms with Crippen molar-refractivity contribution < 1.29 is 4.74 Å². The van der Waals surface area contributed by atoms with Crippen LogP contribution >= 0.6 is 12.2 Å². The highest BCUT2D eigenvalue weighted by molar-refractivity contribution is 7.80. The minimum absolute atomic E-state index is 0.756. The van der Waals surface area contributed by atoms with E-state index in [4.69, 9.17) is 17.0 Å². The van der Waals surface area contributed by atoms with Crippen molar-refractivity contribution >= 4 is 17.2 Å². The Morgan fingerprint density at radius 1 is 1.00 bits per heavy atom. The summed E-state index contributed by atoms with van der Waals surface area (Å²) in [7, 11) is 1.67. The van der Waals surface area contributed by atoms with E-state index in [0.717, 1.165) is 23.7 Å². The van der Waals surface area contributed by atoms with E-state index in [9.17, 15) is 0 Å². The molecule has 2 rings (SSSR count). The molecule has 0 fully saturated rings. The highest BCUT2D eigenvalue weighted by Gasteiger charge is 2.00. The highest BCUT2D eigenvalue weighted by atomic mass is 32.1. The van der Waals surface area contributed by atoms with E-state index in [1.807, 2.05) is 42.5 Å². The van der Waals surface area contributed by atoms with Crippen LogP contribution < -0.4 is 10.1 Å². The van der Waals surface area contributed by atoms with Crippen molar-refractivity contribution in [3.8, 4) is 5.75 Å². The molecule has 0 aliphatic rings. The van der Waals surface area contributed by atoms with Crippen molar-refractivity contribution in [2.45, 2.75) is 13.0 Å². The molecule has 0 heterocycles. The fourth-order valence-electron chi connectivity index (χ4n) is 1.79. The monoisotopic (exact) mass is 271 g/mol. The Hall–Kier alpha value is -1.87. The van der Waals surface area contributed by atoms with Crippen LogP contribution in [0.4, 0.5) is 0 Å². The fourth-order valence-corrected chi connectivity index (χ4v) is 2.03. The van der Waals surface area contributed by atoms with Gasteiger partial charge in [0.05, 0.1) is 12.1 Å². The summed E-state index contributed by atoms with van der Waals surface area (Å²) in [4.78, 5) is 0.856. The van der Waals surface area contributed by atoms with Gasteiger partial charge in [-0.3, -0.25) is 0 Å². The minimum atomic E-state index is 0.756. The predicted octanol–water partition coefficient (Wildman–Crippen LogP) is 3.35. The molecule has 2 nitrogen and oxygen atoms in total. The van der Waals surface area contributed by atoms with Gasteiger partial charge in [-0.15, -0.1) is 0 Å². The van der Waals surface area contributed by atoms with E-state index in [1.165, 1.54) is 11.1 Å². The zero-order chi connectivity index (χ0) is 13.5. The molecule has 0 aliphatic carbocycles. The fraction of sp³-hybridized carbons (Fsp3) is 0.188. The van der Waals surface area contributed by atoms with Crippen LogP contribution in [0.3, 0.4) is 0 Å². The smallest absolute Gasteiger partial charge is 0.118 e. The quantitative estimate of drug-likeness (QED) is 0.843. The molecular formula is C16H17NOS. The van der Waals surface area contributed by atoms with Crippen molar-refractivity contribution in [1.82, 2.24) is 5.32 Å². The summed E-state index contributed by atoms with van der Waals surface area (Å²) in [6.45, 7) is 0.774. The summed E-state index contributed by atoms with van der Waals surface area (Å²) in [5, 5.41) is 3.28. The van der Waals surface area contributed by atoms with Gasteiger partial charge in [0, 0.05) is 13.0 Å². The first-order chi connectivity index (χ1) is 9.28. The molecular weight excluding hydrogens is 254 g/mol. The maximum Gasteiger partial charge on any atom is 0.118 e. The Balaban J connectivity index is 1.83. The lowest BCUT2D eigenvalue weighted by molar-refractivity contribution is 0.414. The Morgan fingerprint density at radius 2 is 1.68 bits per heavy atom. The zero-order valence-corrected chi connectivity index (χ0v) is 11.7. The van der Waals surface area contributed by atoms with E-state index >= 15 is 0 Å². The van der Waals surface area contributed by atoms with Crippen molar-refractivity contribution in [3.63, 3.8) is 0 Å². The van der Waals surface area contributed by atoms with Gasteiger partial charge in [0.2, 0.25) is 0 Å². The SMILES string of the molecule is COc1ccc(CC(=S)NCc2ccccc2)cc1. The third-order valence-electron chi connectivity index (χ3n) is 2.86. The van der Waals surface area contributed by atoms with Crippen LogP contribution in [0.5, 0.6) is 5.75 Å². The van der Waals surface area contributed by atoms with Gasteiger partial charge in [-0.2, -0.15) is 0 Å². The second-order valence-electron chi connectivity index (χ2n) is 4.29. The number of rotatable bonds is 5. The summed E-state index contributed by atoms with van der Waals surface area (Å²) < 4.78 is 5.13. The average Bonchev–Trinajstić information content (AvgIpc) is 2.47. The Kier molecular flexibility index (Phi) is 4.93. The number of ether oxygens (including phenoxy) is 1. The average molecular weight is 271 g/mol. The first-order valence-electron chi connectivity index (χ1n) is 6.21. The van der Waals surface area contributed by atoms with Gasteiger partial charge in [0.25, 0.3) is 0 Å². The van der Waals surface area contributed by atoms with Crippen LogP contribution in [0, 0.1) is 0 Å². The van der Waals surface area contributed by atoms with Crippen LogP contribution in [0.25, 0.3) is 0 Å². The van der Waals surface area contributed by atoms with E-state index in [-0.39, 0.29) is 0 Å². The normalized spacial score (nSPS) is 9.95. The van der Waals surface area contributed by atoms with E-state index in [2.05, 4.69) is 17.4 Å². The van der Waals surface area contributed by atoms with Gasteiger partial charge in [0.15, 0.2) is 0 Å². The molecule has 0 aromatic heterocycles.